The largest absolute Gasteiger partial charge is 0.299 e. The minimum absolute atomic E-state index is 0.212. The first kappa shape index (κ1) is 13.7. The number of Topliss-reactive ketones (excluding diaryl/α,β-unsaturated/α-hetero) is 1. The molecule has 0 spiro atoms. The summed E-state index contributed by atoms with van der Waals surface area (Å²) >= 11 is 0. The molecule has 0 aromatic rings. The van der Waals surface area contributed by atoms with Crippen LogP contribution in [0.3, 0.4) is 0 Å². The van der Waals surface area contributed by atoms with Crippen molar-refractivity contribution in [3.63, 3.8) is 0 Å². The summed E-state index contributed by atoms with van der Waals surface area (Å²) < 4.78 is 22.4. The van der Waals surface area contributed by atoms with E-state index in [2.05, 4.69) is 0 Å². The number of ketones is 1. The van der Waals surface area contributed by atoms with Crippen LogP contribution in [-0.4, -0.2) is 25.7 Å². The smallest absolute Gasteiger partial charge is 0.150 e. The fourth-order valence-electron chi connectivity index (χ4n) is 2.22. The van der Waals surface area contributed by atoms with E-state index in [1.807, 2.05) is 0 Å². The Balaban J connectivity index is 2.13. The zero-order valence-electron chi connectivity index (χ0n) is 10.1. The van der Waals surface area contributed by atoms with Gasteiger partial charge in [0.15, 0.2) is 0 Å². The Morgan fingerprint density at radius 3 is 2.38 bits per heavy atom. The lowest BCUT2D eigenvalue weighted by Crippen LogP contribution is -2.12. The van der Waals surface area contributed by atoms with Gasteiger partial charge in [0.2, 0.25) is 0 Å². The third-order valence-electron chi connectivity index (χ3n) is 3.38. The summed E-state index contributed by atoms with van der Waals surface area (Å²) in [6.07, 6.45) is 6.40. The summed E-state index contributed by atoms with van der Waals surface area (Å²) in [5.41, 5.74) is 0. The number of unbranched alkanes of at least 4 members (excludes halogenated alkanes) is 1. The minimum atomic E-state index is -2.85. The van der Waals surface area contributed by atoms with Crippen molar-refractivity contribution in [2.45, 2.75) is 51.9 Å². The van der Waals surface area contributed by atoms with Crippen LogP contribution in [0, 0.1) is 5.92 Å². The van der Waals surface area contributed by atoms with Crippen LogP contribution in [-0.2, 0) is 14.6 Å². The monoisotopic (exact) mass is 246 g/mol. The van der Waals surface area contributed by atoms with E-state index in [9.17, 15) is 13.2 Å². The first-order valence-electron chi connectivity index (χ1n) is 6.28. The average Bonchev–Trinajstić information content (AvgIpc) is 2.77. The van der Waals surface area contributed by atoms with Crippen LogP contribution < -0.4 is 0 Å². The molecule has 94 valence electrons. The molecule has 1 rings (SSSR count). The SMILES string of the molecule is CCS(=O)(=O)CCCCC(=O)C1CCCC1. The minimum Gasteiger partial charge on any atom is -0.299 e. The van der Waals surface area contributed by atoms with Crippen molar-refractivity contribution in [2.24, 2.45) is 5.92 Å². The molecule has 0 aliphatic heterocycles. The number of sulfone groups is 1. The van der Waals surface area contributed by atoms with Crippen LogP contribution >= 0.6 is 0 Å². The second kappa shape index (κ2) is 6.38. The van der Waals surface area contributed by atoms with Gasteiger partial charge in [0, 0.05) is 18.1 Å². The highest BCUT2D eigenvalue weighted by atomic mass is 32.2. The van der Waals surface area contributed by atoms with Crippen molar-refractivity contribution in [1.29, 1.82) is 0 Å². The summed E-state index contributed by atoms with van der Waals surface area (Å²) in [5, 5.41) is 0. The first-order valence-corrected chi connectivity index (χ1v) is 8.10. The number of carbonyl (C=O) groups excluding carboxylic acids is 1. The van der Waals surface area contributed by atoms with E-state index >= 15 is 0 Å². The van der Waals surface area contributed by atoms with Gasteiger partial charge in [-0.1, -0.05) is 19.8 Å². The van der Waals surface area contributed by atoms with Gasteiger partial charge in [-0.2, -0.15) is 0 Å². The number of hydrogen-bond acceptors (Lipinski definition) is 3. The second-order valence-electron chi connectivity index (χ2n) is 4.64. The van der Waals surface area contributed by atoms with Crippen molar-refractivity contribution in [3.8, 4) is 0 Å². The van der Waals surface area contributed by atoms with E-state index in [0.29, 0.717) is 18.6 Å². The maximum atomic E-state index is 11.7. The molecule has 0 aromatic carbocycles. The van der Waals surface area contributed by atoms with E-state index in [1.165, 1.54) is 12.8 Å². The number of rotatable bonds is 7. The molecule has 0 aromatic heterocycles. The topological polar surface area (TPSA) is 51.2 Å². The van der Waals surface area contributed by atoms with Gasteiger partial charge >= 0.3 is 0 Å². The maximum absolute atomic E-state index is 11.7. The predicted octanol–water partition coefficient (Wildman–Crippen LogP) is 2.35. The van der Waals surface area contributed by atoms with Crippen molar-refractivity contribution in [3.05, 3.63) is 0 Å². The Bertz CT molecular complexity index is 313. The van der Waals surface area contributed by atoms with Gasteiger partial charge in [-0.25, -0.2) is 8.42 Å². The molecule has 0 atom stereocenters. The molecule has 0 amide bonds. The summed E-state index contributed by atoms with van der Waals surface area (Å²) in [6, 6.07) is 0. The molecule has 3 nitrogen and oxygen atoms in total. The molecular formula is C12H22O3S. The Hall–Kier alpha value is -0.380. The summed E-state index contributed by atoms with van der Waals surface area (Å²) in [7, 11) is -2.85. The molecule has 0 saturated heterocycles. The van der Waals surface area contributed by atoms with Crippen molar-refractivity contribution < 1.29 is 13.2 Å². The average molecular weight is 246 g/mol. The normalized spacial score (nSPS) is 17.8. The molecule has 16 heavy (non-hydrogen) atoms. The van der Waals surface area contributed by atoms with Crippen molar-refractivity contribution in [2.75, 3.05) is 11.5 Å². The van der Waals surface area contributed by atoms with E-state index < -0.39 is 9.84 Å². The van der Waals surface area contributed by atoms with Gasteiger partial charge in [-0.15, -0.1) is 0 Å². The van der Waals surface area contributed by atoms with Crippen LogP contribution in [0.2, 0.25) is 0 Å². The third kappa shape index (κ3) is 4.64. The molecule has 1 aliphatic carbocycles. The van der Waals surface area contributed by atoms with Crippen molar-refractivity contribution in [1.82, 2.24) is 0 Å². The quantitative estimate of drug-likeness (QED) is 0.648. The molecule has 0 heterocycles. The second-order valence-corrected chi connectivity index (χ2v) is 7.11. The standard InChI is InChI=1S/C12H22O3S/c1-2-16(14,15)10-6-5-9-12(13)11-7-3-4-8-11/h11H,2-10H2,1H3. The van der Waals surface area contributed by atoms with Gasteiger partial charge < -0.3 is 0 Å². The zero-order valence-corrected chi connectivity index (χ0v) is 10.9. The number of hydrogen-bond donors (Lipinski definition) is 0. The molecule has 0 bridgehead atoms. The summed E-state index contributed by atoms with van der Waals surface area (Å²) in [4.78, 5) is 11.7. The van der Waals surface area contributed by atoms with Crippen LogP contribution in [0.1, 0.15) is 51.9 Å². The highest BCUT2D eigenvalue weighted by molar-refractivity contribution is 7.91. The lowest BCUT2D eigenvalue weighted by atomic mass is 9.98. The molecule has 1 saturated carbocycles. The van der Waals surface area contributed by atoms with Gasteiger partial charge in [0.1, 0.15) is 15.6 Å². The van der Waals surface area contributed by atoms with E-state index in [0.717, 1.165) is 19.3 Å². The van der Waals surface area contributed by atoms with Crippen LogP contribution in [0.5, 0.6) is 0 Å². The highest BCUT2D eigenvalue weighted by Crippen LogP contribution is 2.26. The van der Waals surface area contributed by atoms with Crippen LogP contribution in [0.15, 0.2) is 0 Å². The predicted molar refractivity (Wildman–Crippen MR) is 65.1 cm³/mol. The maximum Gasteiger partial charge on any atom is 0.150 e. The lowest BCUT2D eigenvalue weighted by molar-refractivity contribution is -0.122. The molecular weight excluding hydrogens is 224 g/mol. The molecule has 4 heteroatoms. The number of carbonyl (C=O) groups is 1. The Morgan fingerprint density at radius 2 is 1.81 bits per heavy atom. The Labute approximate surface area is 98.5 Å². The molecule has 0 unspecified atom stereocenters. The Kier molecular flexibility index (Phi) is 5.46. The molecule has 0 radical (unpaired) electrons. The summed E-state index contributed by atoms with van der Waals surface area (Å²) in [6.45, 7) is 1.67. The van der Waals surface area contributed by atoms with Gasteiger partial charge in [-0.05, 0) is 25.7 Å². The molecule has 1 fully saturated rings. The third-order valence-corrected chi connectivity index (χ3v) is 5.17. The molecule has 1 aliphatic rings. The van der Waals surface area contributed by atoms with E-state index in [4.69, 9.17) is 0 Å². The van der Waals surface area contributed by atoms with Crippen LogP contribution in [0.25, 0.3) is 0 Å². The van der Waals surface area contributed by atoms with Gasteiger partial charge in [0.05, 0.1) is 5.75 Å². The van der Waals surface area contributed by atoms with E-state index in [1.54, 1.807) is 6.92 Å². The summed E-state index contributed by atoms with van der Waals surface area (Å²) in [5.74, 6) is 1.08. The van der Waals surface area contributed by atoms with Crippen molar-refractivity contribution >= 4 is 15.6 Å². The zero-order chi connectivity index (χ0) is 12.0. The fourth-order valence-corrected chi connectivity index (χ4v) is 3.15. The first-order chi connectivity index (χ1) is 7.55. The molecule has 0 N–H and O–H groups in total. The lowest BCUT2D eigenvalue weighted by Gasteiger charge is -2.07. The van der Waals surface area contributed by atoms with E-state index in [-0.39, 0.29) is 17.4 Å². The highest BCUT2D eigenvalue weighted by Gasteiger charge is 2.21. The Morgan fingerprint density at radius 1 is 1.19 bits per heavy atom. The van der Waals surface area contributed by atoms with Gasteiger partial charge in [-0.3, -0.25) is 4.79 Å². The van der Waals surface area contributed by atoms with Crippen LogP contribution in [0.4, 0.5) is 0 Å². The fraction of sp³-hybridized carbons (Fsp3) is 0.917. The van der Waals surface area contributed by atoms with Gasteiger partial charge in [0.25, 0.3) is 0 Å².